The van der Waals surface area contributed by atoms with Crippen LogP contribution in [0.2, 0.25) is 0 Å². The van der Waals surface area contributed by atoms with E-state index < -0.39 is 0 Å². The van der Waals surface area contributed by atoms with Crippen LogP contribution in [0.3, 0.4) is 0 Å². The van der Waals surface area contributed by atoms with Gasteiger partial charge in [-0.1, -0.05) is 48.5 Å². The molecule has 0 aliphatic carbocycles. The van der Waals surface area contributed by atoms with E-state index in [-0.39, 0.29) is 6.04 Å². The minimum atomic E-state index is -0.00147. The van der Waals surface area contributed by atoms with Gasteiger partial charge in [-0.2, -0.15) is 0 Å². The zero-order valence-corrected chi connectivity index (χ0v) is 11.9. The predicted octanol–water partition coefficient (Wildman–Crippen LogP) is 3.86. The second-order valence-electron chi connectivity index (χ2n) is 4.82. The van der Waals surface area contributed by atoms with Crippen molar-refractivity contribution in [1.29, 1.82) is 0 Å². The molecule has 0 radical (unpaired) electrons. The molecule has 1 atom stereocenters. The molecule has 2 aromatic rings. The maximum Gasteiger partial charge on any atom is 0.122 e. The third-order valence-corrected chi connectivity index (χ3v) is 3.45. The van der Waals surface area contributed by atoms with Gasteiger partial charge in [0.2, 0.25) is 0 Å². The Morgan fingerprint density at radius 1 is 1.10 bits per heavy atom. The van der Waals surface area contributed by atoms with Gasteiger partial charge in [0.25, 0.3) is 0 Å². The highest BCUT2D eigenvalue weighted by Crippen LogP contribution is 2.25. The van der Waals surface area contributed by atoms with Crippen LogP contribution in [0.1, 0.15) is 29.2 Å². The first kappa shape index (κ1) is 14.4. The summed E-state index contributed by atoms with van der Waals surface area (Å²) in [5, 5.41) is 0. The summed E-state index contributed by atoms with van der Waals surface area (Å²) in [5.41, 5.74) is 9.82. The summed E-state index contributed by atoms with van der Waals surface area (Å²) in [6, 6.07) is 16.4. The van der Waals surface area contributed by atoms with Crippen LogP contribution in [0.25, 0.3) is 0 Å². The van der Waals surface area contributed by atoms with Gasteiger partial charge in [-0.3, -0.25) is 0 Å². The van der Waals surface area contributed by atoms with Gasteiger partial charge < -0.3 is 10.5 Å². The summed E-state index contributed by atoms with van der Waals surface area (Å²) in [7, 11) is 1.70. The Labute approximate surface area is 120 Å². The molecular weight excluding hydrogens is 246 g/mol. The third kappa shape index (κ3) is 3.28. The molecule has 2 N–H and O–H groups in total. The lowest BCUT2D eigenvalue weighted by atomic mass is 9.94. The highest BCUT2D eigenvalue weighted by atomic mass is 16.5. The van der Waals surface area contributed by atoms with E-state index in [1.807, 2.05) is 30.3 Å². The normalized spacial score (nSPS) is 11.9. The van der Waals surface area contributed by atoms with E-state index in [1.54, 1.807) is 7.11 Å². The molecule has 0 aliphatic heterocycles. The number of ether oxygens (including phenoxy) is 1. The van der Waals surface area contributed by atoms with Gasteiger partial charge in [0, 0.05) is 12.5 Å². The van der Waals surface area contributed by atoms with Gasteiger partial charge in [0.05, 0.1) is 7.11 Å². The number of hydrogen-bond donors (Lipinski definition) is 1. The average Bonchev–Trinajstić information content (AvgIpc) is 2.48. The van der Waals surface area contributed by atoms with Crippen molar-refractivity contribution in [3.8, 4) is 5.75 Å². The van der Waals surface area contributed by atoms with E-state index in [0.29, 0.717) is 0 Å². The van der Waals surface area contributed by atoms with Crippen molar-refractivity contribution < 1.29 is 4.74 Å². The van der Waals surface area contributed by atoms with Crippen LogP contribution in [0.4, 0.5) is 0 Å². The molecule has 0 aromatic heterocycles. The first-order valence-corrected chi connectivity index (χ1v) is 6.82. The Hall–Kier alpha value is -2.06. The molecule has 0 fully saturated rings. The zero-order chi connectivity index (χ0) is 14.4. The second-order valence-corrected chi connectivity index (χ2v) is 4.82. The van der Waals surface area contributed by atoms with Gasteiger partial charge >= 0.3 is 0 Å². The van der Waals surface area contributed by atoms with Crippen LogP contribution in [0.5, 0.6) is 5.75 Å². The molecule has 0 spiro atoms. The Bertz CT molecular complexity index is 577. The smallest absolute Gasteiger partial charge is 0.122 e. The molecule has 0 aliphatic rings. The van der Waals surface area contributed by atoms with E-state index in [9.17, 15) is 0 Å². The van der Waals surface area contributed by atoms with Crippen molar-refractivity contribution in [1.82, 2.24) is 0 Å². The van der Waals surface area contributed by atoms with Crippen LogP contribution in [0, 0.1) is 0 Å². The minimum Gasteiger partial charge on any atom is -0.496 e. The maximum absolute atomic E-state index is 6.23. The molecule has 20 heavy (non-hydrogen) atoms. The monoisotopic (exact) mass is 267 g/mol. The predicted molar refractivity (Wildman–Crippen MR) is 84.0 cm³/mol. The molecule has 2 nitrogen and oxygen atoms in total. The Kier molecular flexibility index (Phi) is 4.97. The van der Waals surface area contributed by atoms with Crippen molar-refractivity contribution in [2.75, 3.05) is 7.11 Å². The molecule has 0 saturated carbocycles. The second kappa shape index (κ2) is 6.92. The molecule has 0 amide bonds. The first-order valence-electron chi connectivity index (χ1n) is 6.82. The first-order chi connectivity index (χ1) is 9.76. The number of benzene rings is 2. The highest BCUT2D eigenvalue weighted by Gasteiger charge is 2.11. The van der Waals surface area contributed by atoms with Crippen LogP contribution in [0.15, 0.2) is 61.2 Å². The van der Waals surface area contributed by atoms with Crippen LogP contribution >= 0.6 is 0 Å². The van der Waals surface area contributed by atoms with Crippen molar-refractivity contribution in [3.63, 3.8) is 0 Å². The Morgan fingerprint density at radius 2 is 1.75 bits per heavy atom. The SMILES string of the molecule is C=CCC(N)c1ccccc1Cc1ccccc1OC. The molecule has 0 heterocycles. The van der Waals surface area contributed by atoms with Crippen LogP contribution in [-0.2, 0) is 6.42 Å². The van der Waals surface area contributed by atoms with Crippen molar-refractivity contribution in [2.24, 2.45) is 5.73 Å². The van der Waals surface area contributed by atoms with Crippen LogP contribution < -0.4 is 10.5 Å². The summed E-state index contributed by atoms with van der Waals surface area (Å²) in [6.07, 6.45) is 3.47. The molecule has 0 bridgehead atoms. The Morgan fingerprint density at radius 3 is 2.45 bits per heavy atom. The topological polar surface area (TPSA) is 35.2 Å². The highest BCUT2D eigenvalue weighted by molar-refractivity contribution is 5.40. The molecule has 0 saturated heterocycles. The Balaban J connectivity index is 2.31. The van der Waals surface area contributed by atoms with E-state index in [0.717, 1.165) is 18.6 Å². The fourth-order valence-corrected chi connectivity index (χ4v) is 2.42. The number of hydrogen-bond acceptors (Lipinski definition) is 2. The van der Waals surface area contributed by atoms with Gasteiger partial charge in [0.15, 0.2) is 0 Å². The van der Waals surface area contributed by atoms with Crippen molar-refractivity contribution in [2.45, 2.75) is 18.9 Å². The largest absolute Gasteiger partial charge is 0.496 e. The van der Waals surface area contributed by atoms with Gasteiger partial charge in [-0.15, -0.1) is 6.58 Å². The summed E-state index contributed by atoms with van der Waals surface area (Å²) in [6.45, 7) is 3.77. The summed E-state index contributed by atoms with van der Waals surface area (Å²) in [5.74, 6) is 0.916. The van der Waals surface area contributed by atoms with E-state index in [2.05, 4.69) is 30.8 Å². The molecule has 2 heteroatoms. The average molecular weight is 267 g/mol. The third-order valence-electron chi connectivity index (χ3n) is 3.45. The molecular formula is C18H21NO. The number of para-hydroxylation sites is 1. The lowest BCUT2D eigenvalue weighted by molar-refractivity contribution is 0.410. The van der Waals surface area contributed by atoms with Gasteiger partial charge in [-0.05, 0) is 29.2 Å². The molecule has 1 unspecified atom stereocenters. The summed E-state index contributed by atoms with van der Waals surface area (Å²) in [4.78, 5) is 0. The van der Waals surface area contributed by atoms with Crippen molar-refractivity contribution >= 4 is 0 Å². The van der Waals surface area contributed by atoms with E-state index in [4.69, 9.17) is 10.5 Å². The summed E-state index contributed by atoms with van der Waals surface area (Å²) >= 11 is 0. The van der Waals surface area contributed by atoms with E-state index >= 15 is 0 Å². The lowest BCUT2D eigenvalue weighted by Gasteiger charge is -2.16. The summed E-state index contributed by atoms with van der Waals surface area (Å²) < 4.78 is 5.42. The number of rotatable bonds is 6. The fraction of sp³-hybridized carbons (Fsp3) is 0.222. The fourth-order valence-electron chi connectivity index (χ4n) is 2.42. The molecule has 104 valence electrons. The zero-order valence-electron chi connectivity index (χ0n) is 11.9. The quantitative estimate of drug-likeness (QED) is 0.807. The number of methoxy groups -OCH3 is 1. The standard InChI is InChI=1S/C18H21NO/c1-3-8-17(19)16-11-6-4-9-14(16)13-15-10-5-7-12-18(15)20-2/h3-7,9-12,17H,1,8,13,19H2,2H3. The lowest BCUT2D eigenvalue weighted by Crippen LogP contribution is -2.12. The van der Waals surface area contributed by atoms with Gasteiger partial charge in [-0.25, -0.2) is 0 Å². The molecule has 2 aromatic carbocycles. The van der Waals surface area contributed by atoms with Crippen LogP contribution in [-0.4, -0.2) is 7.11 Å². The number of nitrogens with two attached hydrogens (primary N) is 1. The molecule has 2 rings (SSSR count). The maximum atomic E-state index is 6.23. The minimum absolute atomic E-state index is 0.00147. The van der Waals surface area contributed by atoms with Crippen molar-refractivity contribution in [3.05, 3.63) is 77.9 Å². The van der Waals surface area contributed by atoms with E-state index in [1.165, 1.54) is 16.7 Å². The van der Waals surface area contributed by atoms with Gasteiger partial charge in [0.1, 0.15) is 5.75 Å².